The van der Waals surface area contributed by atoms with E-state index >= 15 is 0 Å². The third kappa shape index (κ3) is 7.59. The third-order valence-corrected chi connectivity index (χ3v) is 7.50. The highest BCUT2D eigenvalue weighted by molar-refractivity contribution is 6.30. The normalized spacial score (nSPS) is 12.3. The van der Waals surface area contributed by atoms with Crippen molar-refractivity contribution in [3.63, 3.8) is 0 Å². The lowest BCUT2D eigenvalue weighted by Crippen LogP contribution is -2.50. The van der Waals surface area contributed by atoms with E-state index < -0.39 is 6.04 Å². The minimum atomic E-state index is -0.792. The van der Waals surface area contributed by atoms with E-state index in [1.54, 1.807) is 43.4 Å². The molecule has 4 aromatic rings. The van der Waals surface area contributed by atoms with Gasteiger partial charge in [0, 0.05) is 24.5 Å². The molecule has 1 N–H and O–H groups in total. The number of nitrogens with zero attached hydrogens (tertiary/aromatic N) is 1. The third-order valence-electron chi connectivity index (χ3n) is 7.24. The molecule has 0 radical (unpaired) electrons. The average molecular weight is 601 g/mol. The summed E-state index contributed by atoms with van der Waals surface area (Å²) in [5, 5.41) is 3.64. The van der Waals surface area contributed by atoms with Crippen molar-refractivity contribution >= 4 is 23.4 Å². The maximum Gasteiger partial charge on any atom is 0.243 e. The van der Waals surface area contributed by atoms with E-state index in [9.17, 15) is 9.59 Å². The van der Waals surface area contributed by atoms with Crippen LogP contribution in [-0.2, 0) is 35.5 Å². The molecule has 0 fully saturated rings. The number of hydrogen-bond donors (Lipinski definition) is 1. The van der Waals surface area contributed by atoms with E-state index in [-0.39, 0.29) is 38.1 Å². The van der Waals surface area contributed by atoms with Crippen LogP contribution in [0.2, 0.25) is 5.02 Å². The highest BCUT2D eigenvalue weighted by Gasteiger charge is 2.30. The summed E-state index contributed by atoms with van der Waals surface area (Å²) in [6.07, 6.45) is 0.397. The molecule has 0 bridgehead atoms. The molecule has 0 unspecified atom stereocenters. The van der Waals surface area contributed by atoms with E-state index in [1.807, 2.05) is 66.7 Å². The Morgan fingerprint density at radius 2 is 1.51 bits per heavy atom. The van der Waals surface area contributed by atoms with Crippen molar-refractivity contribution < 1.29 is 28.5 Å². The number of fused-ring (bicyclic) bond motifs is 1. The Bertz CT molecular complexity index is 1560. The molecule has 1 atom stereocenters. The largest absolute Gasteiger partial charge is 0.493 e. The fraction of sp³-hybridized carbons (Fsp3) is 0.235. The molecule has 0 saturated heterocycles. The Labute approximate surface area is 256 Å². The van der Waals surface area contributed by atoms with Crippen molar-refractivity contribution in [3.05, 3.63) is 118 Å². The Morgan fingerprint density at radius 1 is 0.814 bits per heavy atom. The van der Waals surface area contributed by atoms with Gasteiger partial charge in [-0.05, 0) is 58.7 Å². The summed E-state index contributed by atoms with van der Waals surface area (Å²) in [6, 6.07) is 27.1. The standard InChI is InChI=1S/C34H33ClN2O6/c1-40-29-14-10-25(17-31(29)41-2)19-33(38)37(21-24-8-12-27(35)13-9-24)28(16-23-6-4-3-5-7-23)34(39)36-20-26-11-15-30-32(18-26)43-22-42-30/h3-15,17-18,28H,16,19-22H2,1-2H3,(H,36,39)/t28-/m1/s1. The Kier molecular flexibility index (Phi) is 9.69. The van der Waals surface area contributed by atoms with Crippen LogP contribution in [0.3, 0.4) is 0 Å². The fourth-order valence-electron chi connectivity index (χ4n) is 4.97. The average Bonchev–Trinajstić information content (AvgIpc) is 3.51. The maximum absolute atomic E-state index is 14.1. The number of benzene rings is 4. The minimum Gasteiger partial charge on any atom is -0.493 e. The van der Waals surface area contributed by atoms with Crippen LogP contribution < -0.4 is 24.3 Å². The minimum absolute atomic E-state index is 0.0642. The first-order valence-corrected chi connectivity index (χ1v) is 14.3. The monoisotopic (exact) mass is 600 g/mol. The lowest BCUT2D eigenvalue weighted by Gasteiger charge is -2.32. The Hall–Kier alpha value is -4.69. The van der Waals surface area contributed by atoms with Gasteiger partial charge in [0.2, 0.25) is 18.6 Å². The number of amides is 2. The maximum atomic E-state index is 14.1. The zero-order chi connectivity index (χ0) is 30.2. The molecule has 1 aliphatic heterocycles. The lowest BCUT2D eigenvalue weighted by atomic mass is 10.0. The van der Waals surface area contributed by atoms with Crippen LogP contribution >= 0.6 is 11.6 Å². The van der Waals surface area contributed by atoms with Gasteiger partial charge in [-0.1, -0.05) is 66.2 Å². The van der Waals surface area contributed by atoms with Crippen molar-refractivity contribution in [1.82, 2.24) is 10.2 Å². The molecule has 0 saturated carbocycles. The highest BCUT2D eigenvalue weighted by Crippen LogP contribution is 2.32. The van der Waals surface area contributed by atoms with Gasteiger partial charge in [-0.3, -0.25) is 9.59 Å². The number of ether oxygens (including phenoxy) is 4. The summed E-state index contributed by atoms with van der Waals surface area (Å²) in [4.78, 5) is 29.7. The lowest BCUT2D eigenvalue weighted by molar-refractivity contribution is -0.140. The second kappa shape index (κ2) is 14.0. The van der Waals surface area contributed by atoms with Gasteiger partial charge in [-0.15, -0.1) is 0 Å². The van der Waals surface area contributed by atoms with Crippen LogP contribution in [0.1, 0.15) is 22.3 Å². The zero-order valence-corrected chi connectivity index (χ0v) is 24.8. The predicted octanol–water partition coefficient (Wildman–Crippen LogP) is 5.58. The molecule has 0 spiro atoms. The van der Waals surface area contributed by atoms with Crippen LogP contribution in [0, 0.1) is 0 Å². The molecule has 1 aliphatic rings. The summed E-state index contributed by atoms with van der Waals surface area (Å²) in [6.45, 7) is 0.657. The van der Waals surface area contributed by atoms with Gasteiger partial charge in [0.05, 0.1) is 20.6 Å². The molecule has 0 aliphatic carbocycles. The van der Waals surface area contributed by atoms with Gasteiger partial charge < -0.3 is 29.2 Å². The van der Waals surface area contributed by atoms with Crippen molar-refractivity contribution in [1.29, 1.82) is 0 Å². The molecular formula is C34H33ClN2O6. The van der Waals surface area contributed by atoms with E-state index in [0.717, 1.165) is 22.3 Å². The molecule has 43 heavy (non-hydrogen) atoms. The topological polar surface area (TPSA) is 86.3 Å². The van der Waals surface area contributed by atoms with Crippen molar-refractivity contribution in [3.8, 4) is 23.0 Å². The van der Waals surface area contributed by atoms with Gasteiger partial charge in [0.1, 0.15) is 6.04 Å². The quantitative estimate of drug-likeness (QED) is 0.228. The summed E-state index contributed by atoms with van der Waals surface area (Å²) < 4.78 is 21.7. The van der Waals surface area contributed by atoms with Gasteiger partial charge in [0.25, 0.3) is 0 Å². The molecule has 1 heterocycles. The second-order valence-electron chi connectivity index (χ2n) is 10.1. The predicted molar refractivity (Wildman–Crippen MR) is 164 cm³/mol. The van der Waals surface area contributed by atoms with Crippen molar-refractivity contribution in [2.45, 2.75) is 32.0 Å². The zero-order valence-electron chi connectivity index (χ0n) is 24.0. The smallest absolute Gasteiger partial charge is 0.243 e. The van der Waals surface area contributed by atoms with Gasteiger partial charge in [0.15, 0.2) is 23.0 Å². The number of hydrogen-bond acceptors (Lipinski definition) is 6. The first kappa shape index (κ1) is 29.8. The molecule has 9 heteroatoms. The van der Waals surface area contributed by atoms with E-state index in [2.05, 4.69) is 5.32 Å². The van der Waals surface area contributed by atoms with E-state index in [0.29, 0.717) is 34.4 Å². The molecule has 2 amide bonds. The van der Waals surface area contributed by atoms with Crippen LogP contribution in [0.15, 0.2) is 91.0 Å². The number of carbonyl (C=O) groups is 2. The Balaban J connectivity index is 1.44. The number of nitrogens with one attached hydrogen (secondary N) is 1. The number of methoxy groups -OCH3 is 2. The number of carbonyl (C=O) groups excluding carboxylic acids is 2. The number of rotatable bonds is 12. The molecular weight excluding hydrogens is 568 g/mol. The SMILES string of the molecule is COc1ccc(CC(=O)N(Cc2ccc(Cl)cc2)[C@H](Cc2ccccc2)C(=O)NCc2ccc3c(c2)OCO3)cc1OC. The van der Waals surface area contributed by atoms with Crippen molar-refractivity contribution in [2.24, 2.45) is 0 Å². The van der Waals surface area contributed by atoms with E-state index in [4.69, 9.17) is 30.5 Å². The molecule has 8 nitrogen and oxygen atoms in total. The van der Waals surface area contributed by atoms with Crippen LogP contribution in [0.5, 0.6) is 23.0 Å². The molecule has 222 valence electrons. The number of halogens is 1. The summed E-state index contributed by atoms with van der Waals surface area (Å²) in [7, 11) is 3.11. The second-order valence-corrected chi connectivity index (χ2v) is 10.6. The summed E-state index contributed by atoms with van der Waals surface area (Å²) >= 11 is 6.14. The van der Waals surface area contributed by atoms with Crippen LogP contribution in [-0.4, -0.2) is 43.8 Å². The van der Waals surface area contributed by atoms with Crippen LogP contribution in [0.4, 0.5) is 0 Å². The van der Waals surface area contributed by atoms with Crippen molar-refractivity contribution in [2.75, 3.05) is 21.0 Å². The Morgan fingerprint density at radius 3 is 2.26 bits per heavy atom. The summed E-state index contributed by atoms with van der Waals surface area (Å²) in [5.74, 6) is 1.94. The van der Waals surface area contributed by atoms with Crippen LogP contribution in [0.25, 0.3) is 0 Å². The fourth-order valence-corrected chi connectivity index (χ4v) is 5.09. The highest BCUT2D eigenvalue weighted by atomic mass is 35.5. The van der Waals surface area contributed by atoms with Gasteiger partial charge in [-0.25, -0.2) is 0 Å². The molecule has 4 aromatic carbocycles. The molecule has 0 aromatic heterocycles. The van der Waals surface area contributed by atoms with Gasteiger partial charge in [-0.2, -0.15) is 0 Å². The summed E-state index contributed by atoms with van der Waals surface area (Å²) in [5.41, 5.74) is 3.39. The first-order chi connectivity index (χ1) is 20.9. The first-order valence-electron chi connectivity index (χ1n) is 13.9. The van der Waals surface area contributed by atoms with E-state index in [1.165, 1.54) is 0 Å². The van der Waals surface area contributed by atoms with Gasteiger partial charge >= 0.3 is 0 Å². The molecule has 5 rings (SSSR count).